The molecule has 2 aromatic rings. The molecule has 0 spiro atoms. The average molecular weight is 326 g/mol. The van der Waals surface area contributed by atoms with Gasteiger partial charge in [0.05, 0.1) is 12.2 Å². The summed E-state index contributed by atoms with van der Waals surface area (Å²) in [6, 6.07) is 5.94. The van der Waals surface area contributed by atoms with Gasteiger partial charge in [-0.1, -0.05) is 26.8 Å². The second-order valence-electron chi connectivity index (χ2n) is 7.42. The molecule has 5 nitrogen and oxygen atoms in total. The van der Waals surface area contributed by atoms with Gasteiger partial charge >= 0.3 is 0 Å². The van der Waals surface area contributed by atoms with Crippen molar-refractivity contribution in [3.05, 3.63) is 35.7 Å². The van der Waals surface area contributed by atoms with Crippen LogP contribution < -0.4 is 5.32 Å². The Hall–Kier alpha value is -2.17. The molecule has 3 rings (SSSR count). The molecule has 0 aliphatic heterocycles. The van der Waals surface area contributed by atoms with Gasteiger partial charge in [0.25, 0.3) is 0 Å². The highest BCUT2D eigenvalue weighted by Crippen LogP contribution is 2.30. The van der Waals surface area contributed by atoms with Crippen LogP contribution in [0.25, 0.3) is 11.4 Å². The summed E-state index contributed by atoms with van der Waals surface area (Å²) in [6.45, 7) is 7.09. The van der Waals surface area contributed by atoms with Crippen LogP contribution in [0.1, 0.15) is 44.9 Å². The molecule has 1 aliphatic rings. The van der Waals surface area contributed by atoms with Crippen LogP contribution in [0.2, 0.25) is 0 Å². The molecule has 1 aliphatic carbocycles. The number of amides is 1. The smallest absolute Gasteiger partial charge is 0.225 e. The maximum Gasteiger partial charge on any atom is 0.225 e. The molecule has 2 aromatic heterocycles. The number of fused-ring (bicyclic) bond motifs is 1. The average Bonchev–Trinajstić information content (AvgIpc) is 2.94. The van der Waals surface area contributed by atoms with Crippen molar-refractivity contribution in [2.24, 2.45) is 5.41 Å². The fraction of sp³-hybridized carbons (Fsp3) is 0.526. The van der Waals surface area contributed by atoms with E-state index in [2.05, 4.69) is 15.0 Å². The zero-order valence-corrected chi connectivity index (χ0v) is 14.8. The molecule has 0 bridgehead atoms. The van der Waals surface area contributed by atoms with Gasteiger partial charge in [-0.15, -0.1) is 0 Å². The van der Waals surface area contributed by atoms with E-state index in [9.17, 15) is 4.79 Å². The fourth-order valence-corrected chi connectivity index (χ4v) is 3.10. The summed E-state index contributed by atoms with van der Waals surface area (Å²) in [4.78, 5) is 16.5. The molecular weight excluding hydrogens is 300 g/mol. The molecule has 24 heavy (non-hydrogen) atoms. The summed E-state index contributed by atoms with van der Waals surface area (Å²) in [5, 5.41) is 7.84. The van der Waals surface area contributed by atoms with Gasteiger partial charge in [0, 0.05) is 29.4 Å². The molecule has 0 aromatic carbocycles. The highest BCUT2D eigenvalue weighted by molar-refractivity contribution is 5.81. The van der Waals surface area contributed by atoms with E-state index in [1.54, 1.807) is 0 Å². The molecular formula is C19H26N4O. The van der Waals surface area contributed by atoms with Gasteiger partial charge in [-0.25, -0.2) is 0 Å². The minimum Gasteiger partial charge on any atom is -0.354 e. The summed E-state index contributed by atoms with van der Waals surface area (Å²) >= 11 is 0. The largest absolute Gasteiger partial charge is 0.354 e. The van der Waals surface area contributed by atoms with E-state index in [4.69, 9.17) is 5.10 Å². The monoisotopic (exact) mass is 326 g/mol. The van der Waals surface area contributed by atoms with E-state index in [-0.39, 0.29) is 11.3 Å². The van der Waals surface area contributed by atoms with Gasteiger partial charge in [0.1, 0.15) is 5.69 Å². The molecule has 0 saturated heterocycles. The van der Waals surface area contributed by atoms with Crippen molar-refractivity contribution < 1.29 is 4.79 Å². The highest BCUT2D eigenvalue weighted by Gasteiger charge is 2.23. The van der Waals surface area contributed by atoms with Crippen LogP contribution in [0.4, 0.5) is 0 Å². The first kappa shape index (κ1) is 16.7. The Morgan fingerprint density at radius 2 is 2.04 bits per heavy atom. The molecule has 1 N–H and O–H groups in total. The van der Waals surface area contributed by atoms with Gasteiger partial charge in [0.15, 0.2) is 0 Å². The van der Waals surface area contributed by atoms with Crippen LogP contribution in [-0.4, -0.2) is 27.2 Å². The van der Waals surface area contributed by atoms with E-state index in [0.29, 0.717) is 13.1 Å². The van der Waals surface area contributed by atoms with Crippen LogP contribution in [0.3, 0.4) is 0 Å². The van der Waals surface area contributed by atoms with Crippen molar-refractivity contribution in [2.45, 2.75) is 53.0 Å². The van der Waals surface area contributed by atoms with E-state index in [1.807, 2.05) is 45.2 Å². The van der Waals surface area contributed by atoms with Crippen molar-refractivity contribution in [2.75, 3.05) is 6.54 Å². The Kier molecular flexibility index (Phi) is 4.69. The summed E-state index contributed by atoms with van der Waals surface area (Å²) in [6.07, 6.45) is 6.35. The molecule has 128 valence electrons. The van der Waals surface area contributed by atoms with Crippen molar-refractivity contribution >= 4 is 5.91 Å². The van der Waals surface area contributed by atoms with Crippen LogP contribution in [0, 0.1) is 5.41 Å². The predicted octanol–water partition coefficient (Wildman–Crippen LogP) is 2.99. The minimum atomic E-state index is -0.358. The van der Waals surface area contributed by atoms with Gasteiger partial charge < -0.3 is 5.32 Å². The summed E-state index contributed by atoms with van der Waals surface area (Å²) in [5.74, 6) is 0.0773. The third-order valence-electron chi connectivity index (χ3n) is 4.45. The van der Waals surface area contributed by atoms with Crippen LogP contribution in [0.5, 0.6) is 0 Å². The lowest BCUT2D eigenvalue weighted by Gasteiger charge is -2.18. The maximum absolute atomic E-state index is 12.0. The molecule has 0 unspecified atom stereocenters. The van der Waals surface area contributed by atoms with E-state index >= 15 is 0 Å². The third kappa shape index (κ3) is 3.50. The Morgan fingerprint density at radius 1 is 1.25 bits per heavy atom. The Bertz CT molecular complexity index is 713. The molecule has 0 radical (unpaired) electrons. The fourth-order valence-electron chi connectivity index (χ4n) is 3.10. The first-order chi connectivity index (χ1) is 11.5. The quantitative estimate of drug-likeness (QED) is 0.939. The number of nitrogens with one attached hydrogen (secondary N) is 1. The molecule has 1 amide bonds. The van der Waals surface area contributed by atoms with Crippen molar-refractivity contribution in [1.82, 2.24) is 20.1 Å². The highest BCUT2D eigenvalue weighted by atomic mass is 16.2. The van der Waals surface area contributed by atoms with Crippen LogP contribution in [-0.2, 0) is 24.2 Å². The zero-order valence-electron chi connectivity index (χ0n) is 14.8. The lowest BCUT2D eigenvalue weighted by atomic mass is 9.94. The number of nitrogens with zero attached hydrogens (tertiary/aromatic N) is 3. The number of hydrogen-bond acceptors (Lipinski definition) is 3. The molecule has 2 heterocycles. The lowest BCUT2D eigenvalue weighted by molar-refractivity contribution is -0.128. The minimum absolute atomic E-state index is 0.0773. The third-order valence-corrected chi connectivity index (χ3v) is 4.45. The number of hydrogen-bond donors (Lipinski definition) is 1. The molecule has 0 fully saturated rings. The van der Waals surface area contributed by atoms with Gasteiger partial charge in [-0.2, -0.15) is 5.10 Å². The van der Waals surface area contributed by atoms with E-state index in [1.165, 1.54) is 24.1 Å². The summed E-state index contributed by atoms with van der Waals surface area (Å²) < 4.78 is 2.07. The zero-order chi connectivity index (χ0) is 17.2. The first-order valence-corrected chi connectivity index (χ1v) is 8.75. The lowest BCUT2D eigenvalue weighted by Crippen LogP contribution is -2.36. The number of pyridine rings is 1. The molecule has 0 saturated carbocycles. The maximum atomic E-state index is 12.0. The standard InChI is InChI=1S/C19H26N4O/c1-19(2,3)18(24)21-12-13-23-16-10-5-4-8-14(16)17(22-23)15-9-6-7-11-20-15/h6-7,9,11H,4-5,8,10,12-13H2,1-3H3,(H,21,24). The normalized spacial score (nSPS) is 14.3. The van der Waals surface area contributed by atoms with Gasteiger partial charge in [0.2, 0.25) is 5.91 Å². The first-order valence-electron chi connectivity index (χ1n) is 8.75. The SMILES string of the molecule is CC(C)(C)C(=O)NCCn1nc(-c2ccccn2)c2c1CCCC2. The number of carbonyl (C=O) groups is 1. The second kappa shape index (κ2) is 6.75. The van der Waals surface area contributed by atoms with Crippen LogP contribution in [0.15, 0.2) is 24.4 Å². The van der Waals surface area contributed by atoms with E-state index < -0.39 is 0 Å². The Labute approximate surface area is 143 Å². The molecule has 5 heteroatoms. The number of rotatable bonds is 4. The van der Waals surface area contributed by atoms with Crippen molar-refractivity contribution in [3.8, 4) is 11.4 Å². The second-order valence-corrected chi connectivity index (χ2v) is 7.42. The number of aromatic nitrogens is 3. The topological polar surface area (TPSA) is 59.8 Å². The Balaban J connectivity index is 1.79. The predicted molar refractivity (Wildman–Crippen MR) is 94.6 cm³/mol. The van der Waals surface area contributed by atoms with Gasteiger partial charge in [-0.05, 0) is 37.8 Å². The Morgan fingerprint density at radius 3 is 2.75 bits per heavy atom. The summed E-state index contributed by atoms with van der Waals surface area (Å²) in [5.41, 5.74) is 4.23. The van der Waals surface area contributed by atoms with Crippen LogP contribution >= 0.6 is 0 Å². The van der Waals surface area contributed by atoms with E-state index in [0.717, 1.165) is 24.2 Å². The number of carbonyl (C=O) groups excluding carboxylic acids is 1. The van der Waals surface area contributed by atoms with Gasteiger partial charge in [-0.3, -0.25) is 14.5 Å². The molecule has 0 atom stereocenters. The van der Waals surface area contributed by atoms with Crippen molar-refractivity contribution in [3.63, 3.8) is 0 Å². The summed E-state index contributed by atoms with van der Waals surface area (Å²) in [7, 11) is 0. The van der Waals surface area contributed by atoms with Crippen molar-refractivity contribution in [1.29, 1.82) is 0 Å².